The van der Waals surface area contributed by atoms with Gasteiger partial charge in [-0.15, -0.1) is 0 Å². The standard InChI is InChI=1S/C16H22N4O/c1-19-7-8-20(2)14(11-19)10-18-16(21)13-4-3-12-5-6-17-15(12)9-13/h3-6,9,14,17H,7-8,10-11H2,1-2H3,(H,18,21). The summed E-state index contributed by atoms with van der Waals surface area (Å²) in [4.78, 5) is 20.0. The third-order valence-corrected chi connectivity index (χ3v) is 4.30. The van der Waals surface area contributed by atoms with Crippen molar-refractivity contribution in [2.45, 2.75) is 6.04 Å². The summed E-state index contributed by atoms with van der Waals surface area (Å²) >= 11 is 0. The number of carbonyl (C=O) groups excluding carboxylic acids is 1. The van der Waals surface area contributed by atoms with E-state index in [1.54, 1.807) is 0 Å². The van der Waals surface area contributed by atoms with Crippen LogP contribution in [0.1, 0.15) is 10.4 Å². The maximum Gasteiger partial charge on any atom is 0.251 e. The molecule has 112 valence electrons. The van der Waals surface area contributed by atoms with Gasteiger partial charge in [-0.05, 0) is 37.7 Å². The van der Waals surface area contributed by atoms with Crippen molar-refractivity contribution in [3.8, 4) is 0 Å². The van der Waals surface area contributed by atoms with Gasteiger partial charge in [0.1, 0.15) is 0 Å². The molecule has 1 aromatic carbocycles. The Morgan fingerprint density at radius 3 is 3.05 bits per heavy atom. The summed E-state index contributed by atoms with van der Waals surface area (Å²) in [6.45, 7) is 3.81. The zero-order valence-corrected chi connectivity index (χ0v) is 12.6. The molecule has 2 heterocycles. The molecule has 1 aliphatic heterocycles. The van der Waals surface area contributed by atoms with Crippen LogP contribution in [0.3, 0.4) is 0 Å². The van der Waals surface area contributed by atoms with Crippen LogP contribution in [0.5, 0.6) is 0 Å². The van der Waals surface area contributed by atoms with Crippen molar-refractivity contribution < 1.29 is 4.79 Å². The van der Waals surface area contributed by atoms with Gasteiger partial charge in [-0.3, -0.25) is 9.69 Å². The zero-order valence-electron chi connectivity index (χ0n) is 12.6. The third-order valence-electron chi connectivity index (χ3n) is 4.30. The van der Waals surface area contributed by atoms with Crippen molar-refractivity contribution in [3.63, 3.8) is 0 Å². The van der Waals surface area contributed by atoms with Gasteiger partial charge >= 0.3 is 0 Å². The predicted molar refractivity (Wildman–Crippen MR) is 84.5 cm³/mol. The highest BCUT2D eigenvalue weighted by molar-refractivity contribution is 5.97. The van der Waals surface area contributed by atoms with Crippen LogP contribution < -0.4 is 5.32 Å². The number of aromatic nitrogens is 1. The number of hydrogen-bond acceptors (Lipinski definition) is 3. The first-order valence-corrected chi connectivity index (χ1v) is 7.37. The normalized spacial score (nSPS) is 20.8. The van der Waals surface area contributed by atoms with Crippen LogP contribution in [-0.4, -0.2) is 67.0 Å². The quantitative estimate of drug-likeness (QED) is 0.890. The Morgan fingerprint density at radius 2 is 2.19 bits per heavy atom. The van der Waals surface area contributed by atoms with E-state index in [0.29, 0.717) is 18.2 Å². The van der Waals surface area contributed by atoms with Gasteiger partial charge < -0.3 is 15.2 Å². The molecule has 3 rings (SSSR count). The Balaban J connectivity index is 1.63. The number of hydrogen-bond donors (Lipinski definition) is 2. The minimum atomic E-state index is -0.00636. The third kappa shape index (κ3) is 3.09. The van der Waals surface area contributed by atoms with Crippen molar-refractivity contribution in [3.05, 3.63) is 36.0 Å². The van der Waals surface area contributed by atoms with Crippen LogP contribution in [0.2, 0.25) is 0 Å². The molecule has 1 saturated heterocycles. The highest BCUT2D eigenvalue weighted by Gasteiger charge is 2.22. The second-order valence-electron chi connectivity index (χ2n) is 5.89. The second-order valence-corrected chi connectivity index (χ2v) is 5.89. The molecule has 2 N–H and O–H groups in total. The Morgan fingerprint density at radius 1 is 1.33 bits per heavy atom. The first-order chi connectivity index (χ1) is 10.1. The van der Waals surface area contributed by atoms with E-state index in [1.165, 1.54) is 0 Å². The van der Waals surface area contributed by atoms with E-state index in [2.05, 4.69) is 34.2 Å². The molecule has 0 saturated carbocycles. The number of H-pyrrole nitrogens is 1. The van der Waals surface area contributed by atoms with Crippen molar-refractivity contribution in [1.82, 2.24) is 20.1 Å². The molecule has 1 amide bonds. The van der Waals surface area contributed by atoms with Crippen LogP contribution in [0.25, 0.3) is 10.9 Å². The second kappa shape index (κ2) is 5.87. The molecule has 5 heteroatoms. The molecule has 1 atom stereocenters. The van der Waals surface area contributed by atoms with Gasteiger partial charge in [0.05, 0.1) is 0 Å². The zero-order chi connectivity index (χ0) is 14.8. The number of piperazine rings is 1. The molecule has 21 heavy (non-hydrogen) atoms. The number of carbonyl (C=O) groups is 1. The summed E-state index contributed by atoms with van der Waals surface area (Å²) in [6, 6.07) is 8.14. The summed E-state index contributed by atoms with van der Waals surface area (Å²) in [5.74, 6) is -0.00636. The van der Waals surface area contributed by atoms with Crippen molar-refractivity contribution in [1.29, 1.82) is 0 Å². The van der Waals surface area contributed by atoms with Crippen LogP contribution in [-0.2, 0) is 0 Å². The average molecular weight is 286 g/mol. The lowest BCUT2D eigenvalue weighted by Gasteiger charge is -2.37. The Hall–Kier alpha value is -1.85. The van der Waals surface area contributed by atoms with Crippen LogP contribution in [0.4, 0.5) is 0 Å². The Labute approximate surface area is 124 Å². The molecule has 2 aromatic rings. The summed E-state index contributed by atoms with van der Waals surface area (Å²) in [5.41, 5.74) is 1.70. The fraction of sp³-hybridized carbons (Fsp3) is 0.438. The SMILES string of the molecule is CN1CCN(C)C(CNC(=O)c2ccc3cc[nH]c3c2)C1. The molecule has 0 spiro atoms. The molecule has 1 fully saturated rings. The van der Waals surface area contributed by atoms with Crippen molar-refractivity contribution >= 4 is 16.8 Å². The largest absolute Gasteiger partial charge is 0.361 e. The molecular formula is C16H22N4O. The molecule has 1 unspecified atom stereocenters. The maximum atomic E-state index is 12.3. The van der Waals surface area contributed by atoms with E-state index >= 15 is 0 Å². The molecule has 1 aromatic heterocycles. The first-order valence-electron chi connectivity index (χ1n) is 7.37. The lowest BCUT2D eigenvalue weighted by atomic mass is 10.1. The first kappa shape index (κ1) is 14.1. The van der Waals surface area contributed by atoms with Crippen LogP contribution >= 0.6 is 0 Å². The fourth-order valence-electron chi connectivity index (χ4n) is 2.82. The Bertz CT molecular complexity index is 636. The smallest absolute Gasteiger partial charge is 0.251 e. The number of likely N-dealkylation sites (N-methyl/N-ethyl adjacent to an activating group) is 2. The summed E-state index contributed by atoms with van der Waals surface area (Å²) < 4.78 is 0. The van der Waals surface area contributed by atoms with E-state index in [-0.39, 0.29) is 5.91 Å². The molecule has 5 nitrogen and oxygen atoms in total. The summed E-state index contributed by atoms with van der Waals surface area (Å²) in [6.07, 6.45) is 1.89. The van der Waals surface area contributed by atoms with E-state index in [4.69, 9.17) is 0 Å². The van der Waals surface area contributed by atoms with Crippen LogP contribution in [0.15, 0.2) is 30.5 Å². The molecular weight excluding hydrogens is 264 g/mol. The van der Waals surface area contributed by atoms with E-state index in [0.717, 1.165) is 30.5 Å². The van der Waals surface area contributed by atoms with Gasteiger partial charge in [0.25, 0.3) is 5.91 Å². The number of amides is 1. The van der Waals surface area contributed by atoms with Gasteiger partial charge in [-0.25, -0.2) is 0 Å². The number of rotatable bonds is 3. The predicted octanol–water partition coefficient (Wildman–Crippen LogP) is 1.14. The Kier molecular flexibility index (Phi) is 3.94. The van der Waals surface area contributed by atoms with Crippen molar-refractivity contribution in [2.75, 3.05) is 40.3 Å². The molecule has 0 bridgehead atoms. The number of benzene rings is 1. The molecule has 1 aliphatic rings. The van der Waals surface area contributed by atoms with E-state index in [1.807, 2.05) is 30.5 Å². The van der Waals surface area contributed by atoms with E-state index in [9.17, 15) is 4.79 Å². The summed E-state index contributed by atoms with van der Waals surface area (Å²) in [5, 5.41) is 4.18. The summed E-state index contributed by atoms with van der Waals surface area (Å²) in [7, 11) is 4.25. The monoisotopic (exact) mass is 286 g/mol. The number of nitrogens with one attached hydrogen (secondary N) is 2. The van der Waals surface area contributed by atoms with Gasteiger partial charge in [0.2, 0.25) is 0 Å². The van der Waals surface area contributed by atoms with Crippen LogP contribution in [0, 0.1) is 0 Å². The lowest BCUT2D eigenvalue weighted by molar-refractivity contribution is 0.0881. The highest BCUT2D eigenvalue weighted by Crippen LogP contribution is 2.14. The lowest BCUT2D eigenvalue weighted by Crippen LogP contribution is -2.54. The van der Waals surface area contributed by atoms with E-state index < -0.39 is 0 Å². The van der Waals surface area contributed by atoms with Gasteiger partial charge in [-0.1, -0.05) is 6.07 Å². The number of aromatic amines is 1. The average Bonchev–Trinajstić information content (AvgIpc) is 2.95. The number of nitrogens with zero attached hydrogens (tertiary/aromatic N) is 2. The molecule has 0 aliphatic carbocycles. The molecule has 0 radical (unpaired) electrons. The van der Waals surface area contributed by atoms with Gasteiger partial charge in [0.15, 0.2) is 0 Å². The number of fused-ring (bicyclic) bond motifs is 1. The van der Waals surface area contributed by atoms with Crippen molar-refractivity contribution in [2.24, 2.45) is 0 Å². The minimum absolute atomic E-state index is 0.00636. The van der Waals surface area contributed by atoms with Gasteiger partial charge in [-0.2, -0.15) is 0 Å². The topological polar surface area (TPSA) is 51.4 Å². The van der Waals surface area contributed by atoms with Gasteiger partial charge in [0, 0.05) is 49.5 Å². The fourth-order valence-corrected chi connectivity index (χ4v) is 2.82. The minimum Gasteiger partial charge on any atom is -0.361 e. The highest BCUT2D eigenvalue weighted by atomic mass is 16.1. The maximum absolute atomic E-state index is 12.3.